The Bertz CT molecular complexity index is 1240. The molecule has 1 unspecified atom stereocenters. The molecule has 8 nitrogen and oxygen atoms in total. The second-order valence-electron chi connectivity index (χ2n) is 9.63. The first-order valence-corrected chi connectivity index (χ1v) is 13.4. The molecule has 0 radical (unpaired) electrons. The average molecular weight is 497 g/mol. The molecule has 2 aliphatic rings. The smallest absolute Gasteiger partial charge is 0.283 e. The summed E-state index contributed by atoms with van der Waals surface area (Å²) in [4.78, 5) is 29.8. The van der Waals surface area contributed by atoms with E-state index >= 15 is 0 Å². The van der Waals surface area contributed by atoms with E-state index in [1.807, 2.05) is 50.1 Å². The molecule has 2 aliphatic heterocycles. The van der Waals surface area contributed by atoms with E-state index in [0.29, 0.717) is 37.3 Å². The first-order valence-electron chi connectivity index (χ1n) is 12.0. The van der Waals surface area contributed by atoms with Gasteiger partial charge in [0.25, 0.3) is 10.0 Å². The van der Waals surface area contributed by atoms with Gasteiger partial charge in [-0.3, -0.25) is 9.59 Å². The third kappa shape index (κ3) is 5.73. The van der Waals surface area contributed by atoms with E-state index in [2.05, 4.69) is 9.71 Å². The van der Waals surface area contributed by atoms with Crippen LogP contribution in [0.3, 0.4) is 0 Å². The summed E-state index contributed by atoms with van der Waals surface area (Å²) in [5.41, 5.74) is 2.58. The molecular formula is C26H32N4O4S. The van der Waals surface area contributed by atoms with Crippen molar-refractivity contribution in [2.75, 3.05) is 18.9 Å². The van der Waals surface area contributed by atoms with E-state index < -0.39 is 16.1 Å². The van der Waals surface area contributed by atoms with Gasteiger partial charge in [0, 0.05) is 45.1 Å². The van der Waals surface area contributed by atoms with E-state index in [9.17, 15) is 18.0 Å². The molecular weight excluding hydrogens is 464 g/mol. The van der Waals surface area contributed by atoms with Crippen LogP contribution in [-0.4, -0.2) is 55.5 Å². The first kappa shape index (κ1) is 24.9. The highest BCUT2D eigenvalue weighted by Gasteiger charge is 2.34. The molecule has 35 heavy (non-hydrogen) atoms. The molecule has 1 fully saturated rings. The Labute approximate surface area is 207 Å². The van der Waals surface area contributed by atoms with Crippen molar-refractivity contribution in [1.29, 1.82) is 0 Å². The van der Waals surface area contributed by atoms with Gasteiger partial charge in [0.1, 0.15) is 11.9 Å². The lowest BCUT2D eigenvalue weighted by Gasteiger charge is -2.36. The third-order valence-electron chi connectivity index (χ3n) is 6.43. The Morgan fingerprint density at radius 2 is 1.77 bits per heavy atom. The summed E-state index contributed by atoms with van der Waals surface area (Å²) in [6, 6.07) is 13.2. The number of carbonyl (C=O) groups is 2. The number of fused-ring (bicyclic) bond motifs is 1. The van der Waals surface area contributed by atoms with Crippen molar-refractivity contribution in [2.45, 2.75) is 57.0 Å². The lowest BCUT2D eigenvalue weighted by atomic mass is 9.92. The van der Waals surface area contributed by atoms with Crippen LogP contribution in [0.2, 0.25) is 0 Å². The Morgan fingerprint density at radius 3 is 2.40 bits per heavy atom. The van der Waals surface area contributed by atoms with Gasteiger partial charge in [0.15, 0.2) is 0 Å². The lowest BCUT2D eigenvalue weighted by molar-refractivity contribution is -0.140. The Balaban J connectivity index is 1.51. The topological polar surface area (TPSA) is 99.2 Å². The minimum Gasteiger partial charge on any atom is -0.362 e. The van der Waals surface area contributed by atoms with Crippen molar-refractivity contribution in [3.05, 3.63) is 59.7 Å². The molecule has 0 aliphatic carbocycles. The molecule has 186 valence electrons. The summed E-state index contributed by atoms with van der Waals surface area (Å²) in [6.45, 7) is 5.15. The summed E-state index contributed by atoms with van der Waals surface area (Å²) in [6.07, 6.45) is 2.33. The predicted molar refractivity (Wildman–Crippen MR) is 135 cm³/mol. The molecule has 2 aromatic rings. The number of amides is 2. The molecule has 0 bridgehead atoms. The van der Waals surface area contributed by atoms with Gasteiger partial charge in [-0.25, -0.2) is 0 Å². The van der Waals surface area contributed by atoms with Gasteiger partial charge in [-0.2, -0.15) is 8.42 Å². The summed E-state index contributed by atoms with van der Waals surface area (Å²) < 4.78 is 29.4. The molecule has 1 atom stereocenters. The van der Waals surface area contributed by atoms with Gasteiger partial charge >= 0.3 is 0 Å². The Hall–Kier alpha value is -3.20. The highest BCUT2D eigenvalue weighted by atomic mass is 32.2. The van der Waals surface area contributed by atoms with E-state index in [1.54, 1.807) is 17.0 Å². The molecule has 4 rings (SSSR count). The van der Waals surface area contributed by atoms with Crippen molar-refractivity contribution in [1.82, 2.24) is 9.80 Å². The minimum absolute atomic E-state index is 0.0490. The van der Waals surface area contributed by atoms with Crippen LogP contribution in [0.5, 0.6) is 0 Å². The zero-order chi connectivity index (χ0) is 25.2. The number of benzene rings is 2. The normalized spacial score (nSPS) is 19.2. The van der Waals surface area contributed by atoms with Crippen LogP contribution in [0.4, 0.5) is 5.69 Å². The van der Waals surface area contributed by atoms with E-state index in [4.69, 9.17) is 0 Å². The fourth-order valence-corrected chi connectivity index (χ4v) is 5.62. The number of sulfonamides is 1. The molecule has 9 heteroatoms. The van der Waals surface area contributed by atoms with Crippen LogP contribution >= 0.6 is 0 Å². The largest absolute Gasteiger partial charge is 0.362 e. The SMILES string of the molecule is CC(C)CC(=O)N1Cc2ccccc2CC1C(=O)Nc1ccc(S(=O)(=O)/N=C2/CCCN2C)cc1. The standard InChI is InChI=1S/C26H32N4O4S/c1-18(2)15-25(31)30-17-20-8-5-4-7-19(20)16-23(30)26(32)27-21-10-12-22(13-11-21)35(33,34)28-24-9-6-14-29(24)3/h4-5,7-8,10-13,18,23H,6,9,14-17H2,1-3H3,(H,27,32)/b28-24-. The van der Waals surface area contributed by atoms with Gasteiger partial charge in [-0.05, 0) is 47.7 Å². The van der Waals surface area contributed by atoms with E-state index in [-0.39, 0.29) is 22.6 Å². The van der Waals surface area contributed by atoms with Crippen LogP contribution in [0.25, 0.3) is 0 Å². The maximum atomic E-state index is 13.3. The van der Waals surface area contributed by atoms with Crippen molar-refractivity contribution < 1.29 is 18.0 Å². The van der Waals surface area contributed by atoms with Gasteiger partial charge in [0.05, 0.1) is 4.90 Å². The second kappa shape index (κ2) is 10.2. The average Bonchev–Trinajstić information content (AvgIpc) is 3.21. The van der Waals surface area contributed by atoms with Gasteiger partial charge in [-0.15, -0.1) is 4.40 Å². The highest BCUT2D eigenvalue weighted by Crippen LogP contribution is 2.26. The zero-order valence-corrected chi connectivity index (χ0v) is 21.2. The quantitative estimate of drug-likeness (QED) is 0.661. The molecule has 2 aromatic carbocycles. The number of rotatable bonds is 6. The van der Waals surface area contributed by atoms with Gasteiger partial charge in [-0.1, -0.05) is 38.1 Å². The van der Waals surface area contributed by atoms with Crippen LogP contribution in [0, 0.1) is 5.92 Å². The fraction of sp³-hybridized carbons (Fsp3) is 0.423. The molecule has 2 amide bonds. The predicted octanol–water partition coefficient (Wildman–Crippen LogP) is 3.44. The molecule has 0 spiro atoms. The maximum absolute atomic E-state index is 13.3. The number of hydrogen-bond acceptors (Lipinski definition) is 4. The third-order valence-corrected chi connectivity index (χ3v) is 7.75. The molecule has 1 saturated heterocycles. The summed E-state index contributed by atoms with van der Waals surface area (Å²) in [5, 5.41) is 2.87. The number of anilines is 1. The van der Waals surface area contributed by atoms with Crippen LogP contribution < -0.4 is 5.32 Å². The maximum Gasteiger partial charge on any atom is 0.283 e. The number of amidine groups is 1. The fourth-order valence-electron chi connectivity index (χ4n) is 4.52. The summed E-state index contributed by atoms with van der Waals surface area (Å²) in [5.74, 6) is 0.406. The van der Waals surface area contributed by atoms with Crippen molar-refractivity contribution >= 4 is 33.4 Å². The van der Waals surface area contributed by atoms with Crippen LogP contribution in [0.15, 0.2) is 57.8 Å². The van der Waals surface area contributed by atoms with E-state index in [1.165, 1.54) is 12.1 Å². The second-order valence-corrected chi connectivity index (χ2v) is 11.2. The van der Waals surface area contributed by atoms with Crippen LogP contribution in [-0.2, 0) is 32.6 Å². The molecule has 1 N–H and O–H groups in total. The summed E-state index contributed by atoms with van der Waals surface area (Å²) >= 11 is 0. The number of likely N-dealkylation sites (tertiary alicyclic amines) is 1. The van der Waals surface area contributed by atoms with E-state index in [0.717, 1.165) is 24.1 Å². The van der Waals surface area contributed by atoms with Crippen molar-refractivity contribution in [3.63, 3.8) is 0 Å². The monoisotopic (exact) mass is 496 g/mol. The summed E-state index contributed by atoms with van der Waals surface area (Å²) in [7, 11) is -1.99. The molecule has 0 aromatic heterocycles. The number of nitrogens with zero attached hydrogens (tertiary/aromatic N) is 3. The van der Waals surface area contributed by atoms with Gasteiger partial charge in [0.2, 0.25) is 11.8 Å². The zero-order valence-electron chi connectivity index (χ0n) is 20.4. The Morgan fingerprint density at radius 1 is 1.09 bits per heavy atom. The van der Waals surface area contributed by atoms with Gasteiger partial charge < -0.3 is 15.1 Å². The lowest BCUT2D eigenvalue weighted by Crippen LogP contribution is -2.50. The minimum atomic E-state index is -3.83. The number of hydrogen-bond donors (Lipinski definition) is 1. The number of nitrogens with one attached hydrogen (secondary N) is 1. The Kier molecular flexibility index (Phi) is 7.25. The molecule has 2 heterocycles. The van der Waals surface area contributed by atoms with Crippen molar-refractivity contribution in [3.8, 4) is 0 Å². The number of carbonyl (C=O) groups excluding carboxylic acids is 2. The van der Waals surface area contributed by atoms with Crippen LogP contribution in [0.1, 0.15) is 44.2 Å². The molecule has 0 saturated carbocycles. The highest BCUT2D eigenvalue weighted by molar-refractivity contribution is 7.90. The van der Waals surface area contributed by atoms with Crippen molar-refractivity contribution in [2.24, 2.45) is 10.3 Å². The first-order chi connectivity index (χ1) is 16.6.